The van der Waals surface area contributed by atoms with Gasteiger partial charge in [-0.15, -0.1) is 34.0 Å². The Morgan fingerprint density at radius 2 is 0.377 bits per heavy atom. The van der Waals surface area contributed by atoms with E-state index in [9.17, 15) is 0 Å². The number of hydrogen-bond acceptors (Lipinski definition) is 12. The van der Waals surface area contributed by atoms with Crippen LogP contribution in [0.25, 0.3) is 241 Å². The fourth-order valence-electron chi connectivity index (χ4n) is 19.1. The quantitative estimate of drug-likeness (QED) is 0.0989. The molecule has 0 spiro atoms. The monoisotopic (exact) mass is 1820 g/mol. The Morgan fingerprint density at radius 1 is 0.145 bits per heavy atom. The van der Waals surface area contributed by atoms with Crippen molar-refractivity contribution < 1.29 is 0 Å². The van der Waals surface area contributed by atoms with Crippen LogP contribution in [-0.4, -0.2) is 44.9 Å². The van der Waals surface area contributed by atoms with Gasteiger partial charge in [-0.1, -0.05) is 414 Å². The zero-order chi connectivity index (χ0) is 92.0. The van der Waals surface area contributed by atoms with Gasteiger partial charge in [0.15, 0.2) is 52.4 Å². The van der Waals surface area contributed by atoms with Crippen LogP contribution < -0.4 is 0 Å². The lowest BCUT2D eigenvalue weighted by atomic mass is 9.81. The van der Waals surface area contributed by atoms with Crippen LogP contribution in [0.4, 0.5) is 0 Å². The summed E-state index contributed by atoms with van der Waals surface area (Å²) >= 11 is 5.54. The zero-order valence-corrected chi connectivity index (χ0v) is 77.7. The van der Waals surface area contributed by atoms with Gasteiger partial charge >= 0.3 is 0 Å². The second kappa shape index (κ2) is 36.3. The lowest BCUT2D eigenvalue weighted by molar-refractivity contribution is 0.660. The van der Waals surface area contributed by atoms with E-state index in [2.05, 4.69) is 323 Å². The number of aromatic nitrogens is 9. The lowest BCUT2D eigenvalue weighted by Gasteiger charge is -2.22. The maximum absolute atomic E-state index is 5.15. The molecule has 0 saturated carbocycles. The molecule has 19 aromatic carbocycles. The Balaban J connectivity index is 0.000000114. The molecule has 0 radical (unpaired) electrons. The summed E-state index contributed by atoms with van der Waals surface area (Å²) in [5, 5.41) is 7.72. The van der Waals surface area contributed by atoms with E-state index < -0.39 is 0 Å². The van der Waals surface area contributed by atoms with E-state index in [0.29, 0.717) is 52.4 Å². The van der Waals surface area contributed by atoms with Crippen molar-refractivity contribution in [3.8, 4) is 180 Å². The standard InChI is InChI=1S/C48H33N3S.C45H29N3S.C33H21N3S/c1-48(2)41-22-11-9-18-37(41)38-25-24-32(29-42(38)48)33-26-34(36-20-13-21-40-39-19-10-12-23-43(39)52-44(36)40)28-35(27-33)47-50-45(30-14-5-3-6-15-30)49-46(51-47)31-16-7-4-8-17-31;1-4-13-30(14-5-1)31-23-25-32(26-24-31)35-27-36(38-20-12-21-40-39-19-10-11-22-41(39)49-42(38)40)29-37(28-35)45-47-43(33-15-6-2-7-16-33)46-44(48-45)34-17-8-3-9-18-34;1-3-11-22(12-4-1)31-34-32(23-13-5-2-6-14-23)36-33(35-31)25-16-9-15-24(21-25)26-18-10-19-28-27-17-7-8-20-29(27)37-30(26)28/h3-29H,1-2H3;1-29H;1-21H. The van der Waals surface area contributed by atoms with Gasteiger partial charge in [0, 0.05) is 116 Å². The van der Waals surface area contributed by atoms with Crippen LogP contribution in [0.15, 0.2) is 467 Å². The predicted octanol–water partition coefficient (Wildman–Crippen LogP) is 34.0. The highest BCUT2D eigenvalue weighted by molar-refractivity contribution is 7.27. The molecule has 0 aliphatic heterocycles. The van der Waals surface area contributed by atoms with Crippen molar-refractivity contribution in [3.63, 3.8) is 0 Å². The number of fused-ring (bicyclic) bond motifs is 12. The van der Waals surface area contributed by atoms with Crippen molar-refractivity contribution in [2.45, 2.75) is 19.3 Å². The summed E-state index contributed by atoms with van der Waals surface area (Å²) in [4.78, 5) is 45.1. The van der Waals surface area contributed by atoms with Crippen molar-refractivity contribution in [1.82, 2.24) is 44.9 Å². The van der Waals surface area contributed by atoms with E-state index in [1.165, 1.54) is 116 Å². The van der Waals surface area contributed by atoms with Gasteiger partial charge in [0.25, 0.3) is 0 Å². The molecular weight excluding hydrogens is 1740 g/mol. The van der Waals surface area contributed by atoms with Crippen LogP contribution in [0.5, 0.6) is 0 Å². The zero-order valence-electron chi connectivity index (χ0n) is 75.2. The van der Waals surface area contributed by atoms with E-state index in [4.69, 9.17) is 44.9 Å². The van der Waals surface area contributed by atoms with Crippen LogP contribution in [0.1, 0.15) is 25.0 Å². The molecule has 1 aliphatic rings. The summed E-state index contributed by atoms with van der Waals surface area (Å²) in [6.07, 6.45) is 0. The topological polar surface area (TPSA) is 116 Å². The third-order valence-corrected chi connectivity index (χ3v) is 29.6. The first-order chi connectivity index (χ1) is 68.1. The molecule has 26 rings (SSSR count). The average molecular weight is 1820 g/mol. The molecule has 9 nitrogen and oxygen atoms in total. The van der Waals surface area contributed by atoms with E-state index >= 15 is 0 Å². The predicted molar refractivity (Wildman–Crippen MR) is 577 cm³/mol. The Morgan fingerprint density at radius 3 is 0.761 bits per heavy atom. The molecule has 650 valence electrons. The molecule has 0 atom stereocenters. The SMILES string of the molecule is CC1(C)c2ccccc2-c2ccc(-c3cc(-c4nc(-c5ccccc5)nc(-c5ccccc5)n4)cc(-c4cccc5c4sc4ccccc45)c3)cc21.c1ccc(-c2ccc(-c3cc(-c4nc(-c5ccccc5)nc(-c5ccccc5)n4)cc(-c4cccc5c4sc4ccccc45)c3)cc2)cc1.c1ccc(-c2nc(-c3ccccc3)nc(-c3cccc(-c4cccc5c4sc4ccccc45)c3)n2)cc1. The summed E-state index contributed by atoms with van der Waals surface area (Å²) < 4.78 is 7.74. The van der Waals surface area contributed by atoms with Crippen LogP contribution in [0.2, 0.25) is 0 Å². The van der Waals surface area contributed by atoms with E-state index in [0.717, 1.165) is 83.5 Å². The second-order valence-electron chi connectivity index (χ2n) is 35.0. The number of benzene rings is 19. The first-order valence-electron chi connectivity index (χ1n) is 46.3. The van der Waals surface area contributed by atoms with E-state index in [1.807, 2.05) is 192 Å². The van der Waals surface area contributed by atoms with Crippen molar-refractivity contribution in [1.29, 1.82) is 0 Å². The molecule has 1 aliphatic carbocycles. The first-order valence-corrected chi connectivity index (χ1v) is 48.7. The second-order valence-corrected chi connectivity index (χ2v) is 38.2. The van der Waals surface area contributed by atoms with Gasteiger partial charge in [0.05, 0.1) is 0 Å². The molecule has 0 unspecified atom stereocenters. The number of nitrogens with zero attached hydrogens (tertiary/aromatic N) is 9. The smallest absolute Gasteiger partial charge is 0.164 e. The summed E-state index contributed by atoms with van der Waals surface area (Å²) in [6, 6.07) is 164. The summed E-state index contributed by atoms with van der Waals surface area (Å²) in [6.45, 7) is 4.68. The molecule has 0 bridgehead atoms. The van der Waals surface area contributed by atoms with Gasteiger partial charge < -0.3 is 0 Å². The van der Waals surface area contributed by atoms with Crippen molar-refractivity contribution in [3.05, 3.63) is 478 Å². The maximum atomic E-state index is 5.15. The van der Waals surface area contributed by atoms with Gasteiger partial charge in [0.1, 0.15) is 0 Å². The summed E-state index contributed by atoms with van der Waals surface area (Å²) in [5.74, 6) is 5.89. The van der Waals surface area contributed by atoms with Crippen molar-refractivity contribution in [2.24, 2.45) is 0 Å². The molecule has 0 fully saturated rings. The summed E-state index contributed by atoms with van der Waals surface area (Å²) in [5.41, 5.74) is 27.8. The van der Waals surface area contributed by atoms with Gasteiger partial charge in [-0.2, -0.15) is 0 Å². The van der Waals surface area contributed by atoms with Crippen LogP contribution in [-0.2, 0) is 5.41 Å². The number of thiophene rings is 3. The first kappa shape index (κ1) is 83.9. The third kappa shape index (κ3) is 16.3. The average Bonchev–Trinajstić information content (AvgIpc) is 1.57. The normalized spacial score (nSPS) is 11.9. The minimum atomic E-state index is -0.103. The van der Waals surface area contributed by atoms with Crippen LogP contribution >= 0.6 is 34.0 Å². The molecule has 6 aromatic heterocycles. The van der Waals surface area contributed by atoms with E-state index in [-0.39, 0.29) is 5.41 Å². The van der Waals surface area contributed by atoms with Gasteiger partial charge in [-0.25, -0.2) is 44.9 Å². The highest BCUT2D eigenvalue weighted by Crippen LogP contribution is 2.52. The molecule has 0 N–H and O–H groups in total. The van der Waals surface area contributed by atoms with Crippen LogP contribution in [0.3, 0.4) is 0 Å². The van der Waals surface area contributed by atoms with Gasteiger partial charge in [-0.05, 0) is 156 Å². The Hall–Kier alpha value is -17.1. The van der Waals surface area contributed by atoms with Gasteiger partial charge in [0.2, 0.25) is 0 Å². The fraction of sp³-hybridized carbons (Fsp3) is 0.0238. The highest BCUT2D eigenvalue weighted by Gasteiger charge is 2.36. The minimum Gasteiger partial charge on any atom is -0.208 e. The Bertz CT molecular complexity index is 8730. The summed E-state index contributed by atoms with van der Waals surface area (Å²) in [7, 11) is 0. The maximum Gasteiger partial charge on any atom is 0.164 e. The molecular formula is C126H83N9S3. The van der Waals surface area contributed by atoms with Crippen molar-refractivity contribution in [2.75, 3.05) is 0 Å². The largest absolute Gasteiger partial charge is 0.208 e. The third-order valence-electron chi connectivity index (χ3n) is 26.0. The number of hydrogen-bond donors (Lipinski definition) is 0. The molecule has 25 aromatic rings. The van der Waals surface area contributed by atoms with Crippen molar-refractivity contribution >= 4 is 94.5 Å². The van der Waals surface area contributed by atoms with E-state index in [1.54, 1.807) is 0 Å². The van der Waals surface area contributed by atoms with Crippen LogP contribution in [0, 0.1) is 0 Å². The fourth-order valence-corrected chi connectivity index (χ4v) is 22.8. The molecule has 0 amide bonds. The Kier molecular flexibility index (Phi) is 22.1. The highest BCUT2D eigenvalue weighted by atomic mass is 32.1. The van der Waals surface area contributed by atoms with Gasteiger partial charge in [-0.3, -0.25) is 0 Å². The Labute approximate surface area is 811 Å². The molecule has 12 heteroatoms. The molecule has 0 saturated heterocycles. The number of rotatable bonds is 15. The molecule has 6 heterocycles. The molecule has 138 heavy (non-hydrogen) atoms. The minimum absolute atomic E-state index is 0.103. The lowest BCUT2D eigenvalue weighted by Crippen LogP contribution is -2.14.